The van der Waals surface area contributed by atoms with E-state index >= 15 is 0 Å². The molecule has 102 valence electrons. The minimum absolute atomic E-state index is 0.142. The molecule has 0 saturated heterocycles. The van der Waals surface area contributed by atoms with Gasteiger partial charge in [0.05, 0.1) is 21.3 Å². The highest BCUT2D eigenvalue weighted by Gasteiger charge is 2.17. The number of aliphatic hydroxyl groups is 1. The third-order valence-electron chi connectivity index (χ3n) is 2.51. The van der Waals surface area contributed by atoms with E-state index in [1.165, 1.54) is 21.3 Å². The van der Waals surface area contributed by atoms with Crippen LogP contribution in [0.5, 0.6) is 17.2 Å². The first kappa shape index (κ1) is 13.2. The lowest BCUT2D eigenvalue weighted by molar-refractivity contribution is 0.241. The molecule has 0 saturated carbocycles. The van der Waals surface area contributed by atoms with Crippen molar-refractivity contribution in [3.63, 3.8) is 0 Å². The van der Waals surface area contributed by atoms with Gasteiger partial charge in [-0.15, -0.1) is 10.2 Å². The van der Waals surface area contributed by atoms with Crippen molar-refractivity contribution < 1.29 is 23.7 Å². The molecule has 0 atom stereocenters. The van der Waals surface area contributed by atoms with Crippen molar-refractivity contribution in [3.8, 4) is 28.7 Å². The average molecular weight is 266 g/mol. The summed E-state index contributed by atoms with van der Waals surface area (Å²) in [6, 6.07) is 3.38. The molecule has 0 radical (unpaired) electrons. The molecule has 19 heavy (non-hydrogen) atoms. The second kappa shape index (κ2) is 5.57. The normalized spacial score (nSPS) is 10.3. The van der Waals surface area contributed by atoms with Crippen molar-refractivity contribution in [1.82, 2.24) is 10.2 Å². The van der Waals surface area contributed by atoms with Crippen LogP contribution in [0.3, 0.4) is 0 Å². The van der Waals surface area contributed by atoms with Crippen molar-refractivity contribution in [1.29, 1.82) is 0 Å². The number of methoxy groups -OCH3 is 3. The van der Waals surface area contributed by atoms with Crippen LogP contribution >= 0.6 is 0 Å². The standard InChI is InChI=1S/C12H14N2O5/c1-16-8-4-7(5-9(17-2)11(8)18-3)12-14-13-10(6-15)19-12/h4-5,15H,6H2,1-3H3. The highest BCUT2D eigenvalue weighted by Crippen LogP contribution is 2.40. The van der Waals surface area contributed by atoms with E-state index in [1.807, 2.05) is 0 Å². The summed E-state index contributed by atoms with van der Waals surface area (Å²) in [5.41, 5.74) is 0.613. The first-order valence-corrected chi connectivity index (χ1v) is 5.47. The van der Waals surface area contributed by atoms with Crippen LogP contribution < -0.4 is 14.2 Å². The predicted octanol–water partition coefficient (Wildman–Crippen LogP) is 1.25. The first-order chi connectivity index (χ1) is 9.23. The molecule has 0 unspecified atom stereocenters. The Hall–Kier alpha value is -2.28. The Labute approximate surface area is 109 Å². The van der Waals surface area contributed by atoms with Crippen molar-refractivity contribution >= 4 is 0 Å². The maximum atomic E-state index is 8.92. The maximum absolute atomic E-state index is 8.92. The van der Waals surface area contributed by atoms with E-state index in [4.69, 9.17) is 23.7 Å². The summed E-state index contributed by atoms with van der Waals surface area (Å²) in [6.45, 7) is -0.308. The van der Waals surface area contributed by atoms with E-state index in [2.05, 4.69) is 10.2 Å². The van der Waals surface area contributed by atoms with Gasteiger partial charge in [0, 0.05) is 5.56 Å². The van der Waals surface area contributed by atoms with E-state index in [-0.39, 0.29) is 18.4 Å². The molecular weight excluding hydrogens is 252 g/mol. The summed E-state index contributed by atoms with van der Waals surface area (Å²) in [6.07, 6.45) is 0. The quantitative estimate of drug-likeness (QED) is 0.871. The largest absolute Gasteiger partial charge is 0.493 e. The summed E-state index contributed by atoms with van der Waals surface area (Å²) in [5.74, 6) is 1.86. The highest BCUT2D eigenvalue weighted by atomic mass is 16.5. The Balaban J connectivity index is 2.51. The lowest BCUT2D eigenvalue weighted by atomic mass is 10.2. The number of hydrogen-bond acceptors (Lipinski definition) is 7. The van der Waals surface area contributed by atoms with Gasteiger partial charge in [-0.3, -0.25) is 0 Å². The fourth-order valence-electron chi connectivity index (χ4n) is 1.64. The summed E-state index contributed by atoms with van der Waals surface area (Å²) in [4.78, 5) is 0. The molecule has 0 bridgehead atoms. The molecule has 0 aliphatic heterocycles. The molecule has 0 aliphatic carbocycles. The van der Waals surface area contributed by atoms with Gasteiger partial charge in [-0.2, -0.15) is 0 Å². The predicted molar refractivity (Wildman–Crippen MR) is 65.3 cm³/mol. The first-order valence-electron chi connectivity index (χ1n) is 5.47. The molecule has 2 aromatic rings. The molecule has 0 spiro atoms. The molecule has 1 N–H and O–H groups in total. The van der Waals surface area contributed by atoms with Gasteiger partial charge in [-0.25, -0.2) is 0 Å². The zero-order chi connectivity index (χ0) is 13.8. The highest BCUT2D eigenvalue weighted by molar-refractivity contribution is 5.65. The molecule has 0 fully saturated rings. The van der Waals surface area contributed by atoms with Gasteiger partial charge in [0.2, 0.25) is 17.5 Å². The molecule has 1 heterocycles. The maximum Gasteiger partial charge on any atom is 0.248 e. The number of rotatable bonds is 5. The van der Waals surface area contributed by atoms with Crippen LogP contribution in [-0.4, -0.2) is 36.6 Å². The number of aromatic nitrogens is 2. The Morgan fingerprint density at radius 1 is 1.05 bits per heavy atom. The van der Waals surface area contributed by atoms with Crippen LogP contribution in [0.4, 0.5) is 0 Å². The molecule has 0 aliphatic rings. The van der Waals surface area contributed by atoms with E-state index in [0.29, 0.717) is 22.8 Å². The van der Waals surface area contributed by atoms with Crippen molar-refractivity contribution in [2.24, 2.45) is 0 Å². The summed E-state index contributed by atoms with van der Waals surface area (Å²) >= 11 is 0. The lowest BCUT2D eigenvalue weighted by Crippen LogP contribution is -1.95. The van der Waals surface area contributed by atoms with E-state index in [1.54, 1.807) is 12.1 Å². The Kier molecular flexibility index (Phi) is 3.86. The summed E-state index contributed by atoms with van der Waals surface area (Å²) < 4.78 is 20.9. The third-order valence-corrected chi connectivity index (χ3v) is 2.51. The zero-order valence-corrected chi connectivity index (χ0v) is 10.8. The third kappa shape index (κ3) is 2.45. The Morgan fingerprint density at radius 3 is 2.11 bits per heavy atom. The Morgan fingerprint density at radius 2 is 1.68 bits per heavy atom. The SMILES string of the molecule is COc1cc(-c2nnc(CO)o2)cc(OC)c1OC. The zero-order valence-electron chi connectivity index (χ0n) is 10.8. The molecule has 7 heteroatoms. The van der Waals surface area contributed by atoms with Crippen molar-refractivity contribution in [3.05, 3.63) is 18.0 Å². The van der Waals surface area contributed by atoms with Crippen LogP contribution in [0.1, 0.15) is 5.89 Å². The Bertz CT molecular complexity index is 542. The molecule has 7 nitrogen and oxygen atoms in total. The van der Waals surface area contributed by atoms with E-state index in [0.717, 1.165) is 0 Å². The summed E-state index contributed by atoms with van der Waals surface area (Å²) in [7, 11) is 4.57. The minimum Gasteiger partial charge on any atom is -0.493 e. The fraction of sp³-hybridized carbons (Fsp3) is 0.333. The van der Waals surface area contributed by atoms with Crippen LogP contribution in [0.2, 0.25) is 0 Å². The topological polar surface area (TPSA) is 86.8 Å². The van der Waals surface area contributed by atoms with Gasteiger partial charge < -0.3 is 23.7 Å². The molecule has 0 amide bonds. The van der Waals surface area contributed by atoms with E-state index < -0.39 is 0 Å². The average Bonchev–Trinajstić information content (AvgIpc) is 2.94. The van der Waals surface area contributed by atoms with Crippen molar-refractivity contribution in [2.75, 3.05) is 21.3 Å². The van der Waals surface area contributed by atoms with Crippen LogP contribution in [0.25, 0.3) is 11.5 Å². The number of ether oxygens (including phenoxy) is 3. The minimum atomic E-state index is -0.308. The molecular formula is C12H14N2O5. The lowest BCUT2D eigenvalue weighted by Gasteiger charge is -2.12. The monoisotopic (exact) mass is 266 g/mol. The van der Waals surface area contributed by atoms with Crippen LogP contribution in [0.15, 0.2) is 16.5 Å². The van der Waals surface area contributed by atoms with E-state index in [9.17, 15) is 0 Å². The number of aliphatic hydroxyl groups excluding tert-OH is 1. The smallest absolute Gasteiger partial charge is 0.248 e. The van der Waals surface area contributed by atoms with Gasteiger partial charge in [-0.05, 0) is 12.1 Å². The molecule has 1 aromatic heterocycles. The number of hydrogen-bond donors (Lipinski definition) is 1. The van der Waals surface area contributed by atoms with Gasteiger partial charge in [0.15, 0.2) is 11.5 Å². The number of nitrogens with zero attached hydrogens (tertiary/aromatic N) is 2. The van der Waals surface area contributed by atoms with Gasteiger partial charge in [0.1, 0.15) is 6.61 Å². The second-order valence-electron chi connectivity index (χ2n) is 3.57. The molecule has 2 rings (SSSR count). The molecule has 1 aromatic carbocycles. The fourth-order valence-corrected chi connectivity index (χ4v) is 1.64. The van der Waals surface area contributed by atoms with Crippen molar-refractivity contribution in [2.45, 2.75) is 6.61 Å². The second-order valence-corrected chi connectivity index (χ2v) is 3.57. The summed E-state index contributed by atoms with van der Waals surface area (Å²) in [5, 5.41) is 16.4. The van der Waals surface area contributed by atoms with Crippen LogP contribution in [-0.2, 0) is 6.61 Å². The van der Waals surface area contributed by atoms with Gasteiger partial charge >= 0.3 is 0 Å². The van der Waals surface area contributed by atoms with Gasteiger partial charge in [0.25, 0.3) is 0 Å². The van der Waals surface area contributed by atoms with Gasteiger partial charge in [-0.1, -0.05) is 0 Å². The van der Waals surface area contributed by atoms with Crippen LogP contribution in [0, 0.1) is 0 Å². The number of benzene rings is 1.